The molecule has 1 aliphatic rings. The van der Waals surface area contributed by atoms with Crippen molar-refractivity contribution in [2.75, 3.05) is 19.8 Å². The van der Waals surface area contributed by atoms with Crippen molar-refractivity contribution in [3.05, 3.63) is 0 Å². The molecule has 0 aliphatic carbocycles. The van der Waals surface area contributed by atoms with Crippen molar-refractivity contribution in [3.8, 4) is 0 Å². The first-order valence-corrected chi connectivity index (χ1v) is 5.68. The van der Waals surface area contributed by atoms with E-state index in [-0.39, 0.29) is 13.0 Å². The minimum Gasteiger partial charge on any atom is -0.394 e. The highest BCUT2D eigenvalue weighted by Crippen LogP contribution is 2.19. The average Bonchev–Trinajstić information content (AvgIpc) is 2.39. The Hall–Kier alpha value is -0.770. The lowest BCUT2D eigenvalue weighted by Crippen LogP contribution is -2.61. The van der Waals surface area contributed by atoms with Crippen molar-refractivity contribution in [3.63, 3.8) is 0 Å². The van der Waals surface area contributed by atoms with Gasteiger partial charge in [0.1, 0.15) is 24.9 Å². The maximum Gasteiger partial charge on any atom is 0.246 e. The van der Waals surface area contributed by atoms with Crippen LogP contribution in [-0.2, 0) is 9.53 Å². The minimum atomic E-state index is -1.45. The van der Waals surface area contributed by atoms with E-state index in [0.29, 0.717) is 0 Å². The number of hydrogen-bond donors (Lipinski definition) is 6. The van der Waals surface area contributed by atoms with Gasteiger partial charge in [-0.1, -0.05) is 0 Å². The lowest BCUT2D eigenvalue weighted by molar-refractivity contribution is -0.157. The maximum atomic E-state index is 11.1. The quantitative estimate of drug-likeness (QED) is 0.301. The summed E-state index contributed by atoms with van der Waals surface area (Å²) in [4.78, 5) is 11.1. The standard InChI is InChI=1S/C10H19NO7/c12-3-6(15)9(17)10-8(11-7(16)4-13)5(14)1-2-18-10/h5-6,8-10,12-15,17H,1-4H2,(H,11,16)/t5?,6?,8-,9-,10?/m1/s1. The van der Waals surface area contributed by atoms with Crippen molar-refractivity contribution in [1.29, 1.82) is 0 Å². The van der Waals surface area contributed by atoms with E-state index in [1.54, 1.807) is 0 Å². The summed E-state index contributed by atoms with van der Waals surface area (Å²) >= 11 is 0. The fourth-order valence-electron chi connectivity index (χ4n) is 1.87. The molecule has 6 N–H and O–H groups in total. The van der Waals surface area contributed by atoms with Crippen molar-refractivity contribution < 1.29 is 35.1 Å². The Bertz CT molecular complexity index is 275. The molecule has 1 saturated heterocycles. The second-order valence-electron chi connectivity index (χ2n) is 4.18. The molecule has 1 aliphatic heterocycles. The number of ether oxygens (including phenoxy) is 1. The van der Waals surface area contributed by atoms with Crippen LogP contribution < -0.4 is 5.32 Å². The molecule has 0 aromatic carbocycles. The smallest absolute Gasteiger partial charge is 0.246 e. The third-order valence-electron chi connectivity index (χ3n) is 2.88. The predicted molar refractivity (Wildman–Crippen MR) is 58.5 cm³/mol. The summed E-state index contributed by atoms with van der Waals surface area (Å²) in [7, 11) is 0. The summed E-state index contributed by atoms with van der Waals surface area (Å²) < 4.78 is 5.21. The summed E-state index contributed by atoms with van der Waals surface area (Å²) in [5.41, 5.74) is 0. The molecule has 1 rings (SSSR count). The first-order chi connectivity index (χ1) is 8.51. The van der Waals surface area contributed by atoms with Gasteiger partial charge in [0.15, 0.2) is 0 Å². The summed E-state index contributed by atoms with van der Waals surface area (Å²) in [5, 5.41) is 48.6. The van der Waals surface area contributed by atoms with E-state index in [1.165, 1.54) is 0 Å². The van der Waals surface area contributed by atoms with E-state index in [2.05, 4.69) is 5.32 Å². The zero-order valence-corrected chi connectivity index (χ0v) is 9.77. The Morgan fingerprint density at radius 3 is 2.61 bits per heavy atom. The van der Waals surface area contributed by atoms with Crippen LogP contribution in [0, 0.1) is 0 Å². The lowest BCUT2D eigenvalue weighted by Gasteiger charge is -2.39. The van der Waals surface area contributed by atoms with Gasteiger partial charge in [-0.3, -0.25) is 4.79 Å². The highest BCUT2D eigenvalue weighted by molar-refractivity contribution is 5.77. The lowest BCUT2D eigenvalue weighted by atomic mass is 9.93. The Morgan fingerprint density at radius 1 is 1.39 bits per heavy atom. The number of aliphatic hydroxyl groups is 5. The number of amides is 1. The van der Waals surface area contributed by atoms with Crippen LogP contribution in [0.5, 0.6) is 0 Å². The second kappa shape index (κ2) is 6.98. The summed E-state index contributed by atoms with van der Waals surface area (Å²) in [6.45, 7) is -1.26. The summed E-state index contributed by atoms with van der Waals surface area (Å²) in [6.07, 6.45) is -4.64. The molecular weight excluding hydrogens is 246 g/mol. The van der Waals surface area contributed by atoms with Crippen molar-refractivity contribution in [2.24, 2.45) is 0 Å². The molecular formula is C10H19NO7. The fraction of sp³-hybridized carbons (Fsp3) is 0.900. The summed E-state index contributed by atoms with van der Waals surface area (Å²) in [6, 6.07) is -0.949. The highest BCUT2D eigenvalue weighted by Gasteiger charge is 2.40. The van der Waals surface area contributed by atoms with Crippen LogP contribution in [0.4, 0.5) is 0 Å². The molecule has 106 valence electrons. The summed E-state index contributed by atoms with van der Waals surface area (Å²) in [5.74, 6) is -0.722. The fourth-order valence-corrected chi connectivity index (χ4v) is 1.87. The van der Waals surface area contributed by atoms with Crippen LogP contribution in [0.15, 0.2) is 0 Å². The maximum absolute atomic E-state index is 11.1. The van der Waals surface area contributed by atoms with E-state index in [9.17, 15) is 20.1 Å². The molecule has 0 aromatic heterocycles. The number of nitrogens with one attached hydrogen (secondary N) is 1. The van der Waals surface area contributed by atoms with Gasteiger partial charge in [0, 0.05) is 6.61 Å². The molecule has 1 heterocycles. The molecule has 0 spiro atoms. The van der Waals surface area contributed by atoms with Crippen LogP contribution in [0.25, 0.3) is 0 Å². The van der Waals surface area contributed by atoms with E-state index in [4.69, 9.17) is 14.9 Å². The van der Waals surface area contributed by atoms with Gasteiger partial charge in [0.05, 0.1) is 18.8 Å². The Morgan fingerprint density at radius 2 is 2.06 bits per heavy atom. The van der Waals surface area contributed by atoms with E-state index in [0.717, 1.165) is 0 Å². The molecule has 0 aromatic rings. The molecule has 1 fully saturated rings. The van der Waals surface area contributed by atoms with Crippen molar-refractivity contribution in [1.82, 2.24) is 5.32 Å². The van der Waals surface area contributed by atoms with Gasteiger partial charge in [-0.15, -0.1) is 0 Å². The Kier molecular flexibility index (Phi) is 5.93. The molecule has 1 amide bonds. The first-order valence-electron chi connectivity index (χ1n) is 5.68. The van der Waals surface area contributed by atoms with Crippen molar-refractivity contribution >= 4 is 5.91 Å². The number of rotatable bonds is 5. The van der Waals surface area contributed by atoms with Gasteiger partial charge in [0.2, 0.25) is 5.91 Å². The highest BCUT2D eigenvalue weighted by atomic mass is 16.5. The molecule has 5 atom stereocenters. The minimum absolute atomic E-state index is 0.159. The third-order valence-corrected chi connectivity index (χ3v) is 2.88. The van der Waals surface area contributed by atoms with Gasteiger partial charge >= 0.3 is 0 Å². The molecule has 0 saturated carbocycles. The zero-order valence-electron chi connectivity index (χ0n) is 9.77. The van der Waals surface area contributed by atoms with Crippen LogP contribution in [0.1, 0.15) is 6.42 Å². The van der Waals surface area contributed by atoms with Gasteiger partial charge < -0.3 is 35.6 Å². The number of carbonyl (C=O) groups is 1. The average molecular weight is 265 g/mol. The van der Waals surface area contributed by atoms with E-state index < -0.39 is 49.6 Å². The topological polar surface area (TPSA) is 139 Å². The second-order valence-corrected chi connectivity index (χ2v) is 4.18. The molecule has 8 nitrogen and oxygen atoms in total. The zero-order chi connectivity index (χ0) is 13.7. The van der Waals surface area contributed by atoms with Crippen molar-refractivity contribution in [2.45, 2.75) is 36.9 Å². The largest absolute Gasteiger partial charge is 0.394 e. The van der Waals surface area contributed by atoms with Gasteiger partial charge in [-0.2, -0.15) is 0 Å². The van der Waals surface area contributed by atoms with Crippen LogP contribution in [0.3, 0.4) is 0 Å². The SMILES string of the molecule is O=C(CO)N[C@@H]1C(O)CCOC1[C@H](O)C(O)CO. The third kappa shape index (κ3) is 3.61. The van der Waals surface area contributed by atoms with Crippen LogP contribution in [0.2, 0.25) is 0 Å². The molecule has 8 heteroatoms. The van der Waals surface area contributed by atoms with Gasteiger partial charge in [-0.05, 0) is 6.42 Å². The first kappa shape index (κ1) is 15.3. The Balaban J connectivity index is 2.74. The van der Waals surface area contributed by atoms with E-state index >= 15 is 0 Å². The predicted octanol–water partition coefficient (Wildman–Crippen LogP) is -3.67. The normalized spacial score (nSPS) is 31.7. The Labute approximate surface area is 104 Å². The molecule has 0 radical (unpaired) electrons. The molecule has 18 heavy (non-hydrogen) atoms. The monoisotopic (exact) mass is 265 g/mol. The van der Waals surface area contributed by atoms with Gasteiger partial charge in [0.25, 0.3) is 0 Å². The number of aliphatic hydroxyl groups excluding tert-OH is 5. The number of hydrogen-bond acceptors (Lipinski definition) is 7. The van der Waals surface area contributed by atoms with Crippen LogP contribution in [-0.4, -0.2) is 81.7 Å². The number of carbonyl (C=O) groups excluding carboxylic acids is 1. The van der Waals surface area contributed by atoms with Crippen LogP contribution >= 0.6 is 0 Å². The molecule has 3 unspecified atom stereocenters. The van der Waals surface area contributed by atoms with E-state index in [1.807, 2.05) is 0 Å². The molecule has 0 bridgehead atoms. The van der Waals surface area contributed by atoms with Gasteiger partial charge in [-0.25, -0.2) is 0 Å².